The number of nitrogens with zero attached hydrogens (tertiary/aromatic N) is 1. The molecule has 0 aromatic heterocycles. The van der Waals surface area contributed by atoms with Crippen molar-refractivity contribution in [2.45, 2.75) is 162 Å². The topological polar surface area (TPSA) is 135 Å². The Morgan fingerprint density at radius 3 is 2.42 bits per heavy atom. The van der Waals surface area contributed by atoms with Gasteiger partial charge in [-0.3, -0.25) is 14.5 Å². The highest BCUT2D eigenvalue weighted by atomic mass is 16.7. The van der Waals surface area contributed by atoms with Crippen molar-refractivity contribution < 1.29 is 43.9 Å². The molecule has 50 heavy (non-hydrogen) atoms. The summed E-state index contributed by atoms with van der Waals surface area (Å²) >= 11 is 0. The summed E-state index contributed by atoms with van der Waals surface area (Å²) in [7, 11) is 0. The molecule has 0 aromatic rings. The number of carbonyl (C=O) groups excluding carboxylic acids is 1. The second-order valence-corrected chi connectivity index (χ2v) is 19.5. The van der Waals surface area contributed by atoms with Crippen molar-refractivity contribution in [2.75, 3.05) is 26.2 Å². The van der Waals surface area contributed by atoms with E-state index in [1.165, 1.54) is 19.8 Å². The third-order valence-corrected chi connectivity index (χ3v) is 16.4. The third kappa shape index (κ3) is 5.38. The number of hydrogen-bond acceptors (Lipinski definition) is 9. The third-order valence-electron chi connectivity index (χ3n) is 16.4. The summed E-state index contributed by atoms with van der Waals surface area (Å²) in [6.07, 6.45) is 6.97. The number of morpholine rings is 1. The molecule has 5 saturated carbocycles. The highest BCUT2D eigenvalue weighted by molar-refractivity contribution is 5.66. The molecule has 3 N–H and O–H groups in total. The number of esters is 1. The maximum atomic E-state index is 12.6. The predicted molar refractivity (Wildman–Crippen MR) is 186 cm³/mol. The molecule has 10 heteroatoms. The lowest BCUT2D eigenvalue weighted by molar-refractivity contribution is -0.248. The zero-order valence-electron chi connectivity index (χ0n) is 31.9. The number of rotatable bonds is 9. The average Bonchev–Trinajstić information content (AvgIpc) is 3.65. The molecule has 2 heterocycles. The van der Waals surface area contributed by atoms with Crippen molar-refractivity contribution in [2.24, 2.45) is 50.7 Å². The second-order valence-electron chi connectivity index (χ2n) is 19.5. The smallest absolute Gasteiger partial charge is 0.303 e. The zero-order chi connectivity index (χ0) is 36.2. The summed E-state index contributed by atoms with van der Waals surface area (Å²) in [4.78, 5) is 25.4. The van der Waals surface area contributed by atoms with Gasteiger partial charge < -0.3 is 34.3 Å². The number of carbonyl (C=O) groups is 2. The first-order chi connectivity index (χ1) is 23.3. The van der Waals surface area contributed by atoms with Crippen LogP contribution in [0.25, 0.3) is 0 Å². The van der Waals surface area contributed by atoms with Crippen molar-refractivity contribution in [3.05, 3.63) is 0 Å². The minimum absolute atomic E-state index is 0.0146. The maximum absolute atomic E-state index is 12.6. The van der Waals surface area contributed by atoms with E-state index in [0.717, 1.165) is 45.2 Å². The number of carboxylic acids is 1. The Morgan fingerprint density at radius 2 is 1.74 bits per heavy atom. The summed E-state index contributed by atoms with van der Waals surface area (Å²) in [5, 5.41) is 32.7. The molecular formula is C40H65NO9. The van der Waals surface area contributed by atoms with Gasteiger partial charge in [-0.2, -0.15) is 0 Å². The van der Waals surface area contributed by atoms with E-state index in [1.807, 2.05) is 0 Å². The van der Waals surface area contributed by atoms with Crippen LogP contribution in [0.4, 0.5) is 0 Å². The molecule has 2 aliphatic heterocycles. The van der Waals surface area contributed by atoms with Crippen LogP contribution in [0, 0.1) is 50.7 Å². The van der Waals surface area contributed by atoms with Gasteiger partial charge in [-0.25, -0.2) is 0 Å². The molecule has 2 spiro atoms. The fourth-order valence-corrected chi connectivity index (χ4v) is 14.2. The van der Waals surface area contributed by atoms with E-state index < -0.39 is 35.9 Å². The van der Waals surface area contributed by atoms with Crippen LogP contribution in [0.15, 0.2) is 0 Å². The van der Waals surface area contributed by atoms with Gasteiger partial charge in [0.05, 0.1) is 36.6 Å². The SMILES string of the molecule is CC(=O)O[C@@H]([C@H]1C[C@@H](C)[C@H]2[C@H](O1)[C@H](O)[C@@]1(C)[C@@H]3CC[C@H]4C(C)(C)[C@@H](O[C@H]5CN(CCCC(=O)O)CCO5)CC[C@@]45C[C@@]35CC[C@]21C)C(C)(C)O. The minimum Gasteiger partial charge on any atom is -0.481 e. The van der Waals surface area contributed by atoms with Gasteiger partial charge in [0.15, 0.2) is 12.4 Å². The van der Waals surface area contributed by atoms with Crippen molar-refractivity contribution in [1.82, 2.24) is 4.90 Å². The van der Waals surface area contributed by atoms with E-state index in [1.54, 1.807) is 13.8 Å². The van der Waals surface area contributed by atoms with Gasteiger partial charge in [-0.1, -0.05) is 34.6 Å². The lowest BCUT2D eigenvalue weighted by Gasteiger charge is -2.64. The van der Waals surface area contributed by atoms with Crippen LogP contribution in [0.3, 0.4) is 0 Å². The predicted octanol–water partition coefficient (Wildman–Crippen LogP) is 5.41. The first-order valence-corrected chi connectivity index (χ1v) is 19.8. The first kappa shape index (κ1) is 37.0. The van der Waals surface area contributed by atoms with Crippen LogP contribution < -0.4 is 0 Å². The molecule has 7 aliphatic rings. The Balaban J connectivity index is 1.09. The molecule has 2 saturated heterocycles. The minimum atomic E-state index is -1.27. The monoisotopic (exact) mass is 703 g/mol. The number of ether oxygens (including phenoxy) is 4. The van der Waals surface area contributed by atoms with Crippen LogP contribution in [-0.2, 0) is 28.5 Å². The van der Waals surface area contributed by atoms with Crippen LogP contribution in [-0.4, -0.2) is 101 Å². The molecule has 10 nitrogen and oxygen atoms in total. The van der Waals surface area contributed by atoms with E-state index in [4.69, 9.17) is 24.1 Å². The lowest BCUT2D eigenvalue weighted by atomic mass is 9.41. The summed E-state index contributed by atoms with van der Waals surface area (Å²) in [5.41, 5.74) is -1.18. The quantitative estimate of drug-likeness (QED) is 0.268. The molecular weight excluding hydrogens is 638 g/mol. The number of carboxylic acid groups (broad SMARTS) is 1. The molecule has 0 amide bonds. The molecule has 0 bridgehead atoms. The lowest BCUT2D eigenvalue weighted by Crippen LogP contribution is -2.60. The average molecular weight is 704 g/mol. The van der Waals surface area contributed by atoms with E-state index >= 15 is 0 Å². The number of fused-ring (bicyclic) bond motifs is 4. The van der Waals surface area contributed by atoms with Crippen molar-refractivity contribution in [3.8, 4) is 0 Å². The summed E-state index contributed by atoms with van der Waals surface area (Å²) in [6, 6.07) is 0. The van der Waals surface area contributed by atoms with Crippen molar-refractivity contribution in [1.29, 1.82) is 0 Å². The number of aliphatic hydroxyl groups is 2. The maximum Gasteiger partial charge on any atom is 0.303 e. The Kier molecular flexibility index (Phi) is 9.16. The van der Waals surface area contributed by atoms with Gasteiger partial charge in [0.25, 0.3) is 0 Å². The van der Waals surface area contributed by atoms with Gasteiger partial charge in [0.1, 0.15) is 0 Å². The van der Waals surface area contributed by atoms with E-state index in [2.05, 4.69) is 39.5 Å². The van der Waals surface area contributed by atoms with Crippen LogP contribution in [0.2, 0.25) is 0 Å². The molecule has 14 atom stereocenters. The second kappa shape index (κ2) is 12.4. The Hall–Kier alpha value is -1.30. The molecule has 0 unspecified atom stereocenters. The molecule has 7 fully saturated rings. The first-order valence-electron chi connectivity index (χ1n) is 19.8. The van der Waals surface area contributed by atoms with Gasteiger partial charge >= 0.3 is 11.9 Å². The Bertz CT molecular complexity index is 1330. The van der Waals surface area contributed by atoms with Gasteiger partial charge in [0, 0.05) is 31.8 Å². The standard InChI is InChI=1S/C40H65NO9/c1-23-20-25(34(36(5,6)46)48-24(2)42)49-32-31(23)37(7)15-16-40-22-39(40)14-13-28(50-30-21-41(18-19-47-30)17-9-10-29(43)44)35(3,4)26(39)11-12-27(40)38(37,8)33(32)45/h23,25-28,30-34,45-46H,9-22H2,1-8H3,(H,43,44)/t23-,25-,26+,27+,28+,30+,31+,32+,33+,34+,37-,38-,39-,40+/m1/s1. The van der Waals surface area contributed by atoms with Gasteiger partial charge in [0.2, 0.25) is 0 Å². The fourth-order valence-electron chi connectivity index (χ4n) is 14.2. The van der Waals surface area contributed by atoms with Crippen molar-refractivity contribution in [3.63, 3.8) is 0 Å². The largest absolute Gasteiger partial charge is 0.481 e. The van der Waals surface area contributed by atoms with E-state index in [-0.39, 0.29) is 63.8 Å². The van der Waals surface area contributed by atoms with Gasteiger partial charge in [-0.05, 0) is 124 Å². The van der Waals surface area contributed by atoms with Crippen LogP contribution in [0.5, 0.6) is 0 Å². The highest BCUT2D eigenvalue weighted by Crippen LogP contribution is 2.89. The summed E-state index contributed by atoms with van der Waals surface area (Å²) < 4.78 is 25.5. The van der Waals surface area contributed by atoms with E-state index in [9.17, 15) is 19.8 Å². The van der Waals surface area contributed by atoms with Gasteiger partial charge in [-0.15, -0.1) is 0 Å². The summed E-state index contributed by atoms with van der Waals surface area (Å²) in [6.45, 7) is 19.5. The zero-order valence-corrected chi connectivity index (χ0v) is 31.9. The number of aliphatic carboxylic acids is 1. The molecule has 7 rings (SSSR count). The normalized spacial score (nSPS) is 48.6. The summed E-state index contributed by atoms with van der Waals surface area (Å²) in [5.74, 6) is 0.223. The molecule has 284 valence electrons. The Morgan fingerprint density at radius 1 is 1.04 bits per heavy atom. The van der Waals surface area contributed by atoms with E-state index in [0.29, 0.717) is 37.8 Å². The fraction of sp³-hybridized carbons (Fsp3) is 0.950. The number of aliphatic hydroxyl groups excluding tert-OH is 1. The molecule has 0 aromatic carbocycles. The Labute approximate surface area is 299 Å². The highest BCUT2D eigenvalue weighted by Gasteiger charge is 2.84. The van der Waals surface area contributed by atoms with Crippen molar-refractivity contribution >= 4 is 11.9 Å². The van der Waals surface area contributed by atoms with Crippen LogP contribution in [0.1, 0.15) is 120 Å². The number of hydrogen-bond donors (Lipinski definition) is 3. The van der Waals surface area contributed by atoms with Crippen LogP contribution >= 0.6 is 0 Å². The molecule has 5 aliphatic carbocycles. The molecule has 0 radical (unpaired) electrons.